The van der Waals surface area contributed by atoms with Gasteiger partial charge >= 0.3 is 0 Å². The van der Waals surface area contributed by atoms with Gasteiger partial charge in [0.15, 0.2) is 0 Å². The molecule has 2 N–H and O–H groups in total. The number of nitrogens with one attached hydrogen (secondary N) is 1. The fourth-order valence-electron chi connectivity index (χ4n) is 3.06. The Balaban J connectivity index is 1.91. The second kappa shape index (κ2) is 7.27. The molecule has 0 bridgehead atoms. The summed E-state index contributed by atoms with van der Waals surface area (Å²) in [6.45, 7) is 7.21. The molecule has 5 heteroatoms. The van der Waals surface area contributed by atoms with Crippen molar-refractivity contribution in [1.82, 2.24) is 9.78 Å². The third kappa shape index (κ3) is 4.57. The predicted octanol–water partition coefficient (Wildman–Crippen LogP) is 3.26. The highest BCUT2D eigenvalue weighted by Crippen LogP contribution is 2.31. The van der Waals surface area contributed by atoms with Crippen LogP contribution in [0.3, 0.4) is 0 Å². The number of amides is 1. The van der Waals surface area contributed by atoms with Crippen molar-refractivity contribution in [3.63, 3.8) is 0 Å². The molecular weight excluding hydrogens is 278 g/mol. The first-order valence-corrected chi connectivity index (χ1v) is 8.44. The van der Waals surface area contributed by atoms with Gasteiger partial charge in [0.2, 0.25) is 5.91 Å². The third-order valence-corrected chi connectivity index (χ3v) is 4.57. The average Bonchev–Trinajstić information content (AvgIpc) is 2.77. The van der Waals surface area contributed by atoms with E-state index in [1.807, 2.05) is 11.6 Å². The lowest BCUT2D eigenvalue weighted by molar-refractivity contribution is -0.122. The highest BCUT2D eigenvalue weighted by Gasteiger charge is 2.31. The van der Waals surface area contributed by atoms with Gasteiger partial charge in [0.1, 0.15) is 0 Å². The van der Waals surface area contributed by atoms with Crippen LogP contribution < -0.4 is 5.32 Å². The summed E-state index contributed by atoms with van der Waals surface area (Å²) in [5.41, 5.74) is 0.918. The molecule has 1 aromatic rings. The number of rotatable bonds is 6. The molecular formula is C17H29N3O2. The smallest absolute Gasteiger partial charge is 0.227 e. The van der Waals surface area contributed by atoms with Crippen LogP contribution in [0.5, 0.6) is 0 Å². The molecule has 22 heavy (non-hydrogen) atoms. The Morgan fingerprint density at radius 3 is 2.73 bits per heavy atom. The second-order valence-electron chi connectivity index (χ2n) is 7.06. The first-order chi connectivity index (χ1) is 10.4. The standard InChI is InChI=1S/C17H29N3O2/c1-13(2)7-10-20-14(3)15(12-18-20)19-16(21)11-17(22)8-5-4-6-9-17/h12-13,22H,4-11H2,1-3H3,(H,19,21). The Bertz CT molecular complexity index is 502. The van der Waals surface area contributed by atoms with Gasteiger partial charge in [-0.3, -0.25) is 9.48 Å². The van der Waals surface area contributed by atoms with Gasteiger partial charge in [-0.15, -0.1) is 0 Å². The van der Waals surface area contributed by atoms with Crippen LogP contribution in [0.4, 0.5) is 5.69 Å². The maximum atomic E-state index is 12.2. The number of aryl methyl sites for hydroxylation is 1. The van der Waals surface area contributed by atoms with Gasteiger partial charge in [-0.05, 0) is 32.1 Å². The molecule has 1 aliphatic rings. The van der Waals surface area contributed by atoms with Crippen molar-refractivity contribution in [2.75, 3.05) is 5.32 Å². The molecule has 1 saturated carbocycles. The summed E-state index contributed by atoms with van der Waals surface area (Å²) in [5.74, 6) is 0.512. The SMILES string of the molecule is Cc1c(NC(=O)CC2(O)CCCCC2)cnn1CCC(C)C. The van der Waals surface area contributed by atoms with Crippen molar-refractivity contribution in [3.05, 3.63) is 11.9 Å². The molecule has 1 heterocycles. The van der Waals surface area contributed by atoms with Crippen molar-refractivity contribution in [2.24, 2.45) is 5.92 Å². The summed E-state index contributed by atoms with van der Waals surface area (Å²) in [7, 11) is 0. The largest absolute Gasteiger partial charge is 0.389 e. The van der Waals surface area contributed by atoms with E-state index in [9.17, 15) is 9.90 Å². The van der Waals surface area contributed by atoms with Crippen LogP contribution in [0.15, 0.2) is 6.20 Å². The van der Waals surface area contributed by atoms with E-state index >= 15 is 0 Å². The van der Waals surface area contributed by atoms with E-state index in [2.05, 4.69) is 24.3 Å². The average molecular weight is 307 g/mol. The van der Waals surface area contributed by atoms with E-state index in [-0.39, 0.29) is 12.3 Å². The molecule has 0 aromatic carbocycles. The van der Waals surface area contributed by atoms with Crippen molar-refractivity contribution in [3.8, 4) is 0 Å². The van der Waals surface area contributed by atoms with Crippen LogP contribution in [-0.4, -0.2) is 26.4 Å². The zero-order chi connectivity index (χ0) is 16.2. The monoisotopic (exact) mass is 307 g/mol. The first-order valence-electron chi connectivity index (χ1n) is 8.44. The second-order valence-corrected chi connectivity index (χ2v) is 7.06. The third-order valence-electron chi connectivity index (χ3n) is 4.57. The maximum Gasteiger partial charge on any atom is 0.227 e. The van der Waals surface area contributed by atoms with Gasteiger partial charge in [0.25, 0.3) is 0 Å². The molecule has 5 nitrogen and oxygen atoms in total. The highest BCUT2D eigenvalue weighted by atomic mass is 16.3. The van der Waals surface area contributed by atoms with E-state index < -0.39 is 5.60 Å². The Labute approximate surface area is 133 Å². The molecule has 1 aromatic heterocycles. The summed E-state index contributed by atoms with van der Waals surface area (Å²) >= 11 is 0. The number of carbonyl (C=O) groups excluding carboxylic acids is 1. The lowest BCUT2D eigenvalue weighted by atomic mass is 9.82. The van der Waals surface area contributed by atoms with Gasteiger partial charge in [-0.2, -0.15) is 5.10 Å². The Kier molecular flexibility index (Phi) is 5.62. The summed E-state index contributed by atoms with van der Waals surface area (Å²) in [6.07, 6.45) is 7.59. The van der Waals surface area contributed by atoms with Crippen LogP contribution in [0.1, 0.15) is 64.5 Å². The molecule has 0 spiro atoms. The van der Waals surface area contributed by atoms with Crippen LogP contribution in [0.2, 0.25) is 0 Å². The lowest BCUT2D eigenvalue weighted by Crippen LogP contribution is -2.35. The van der Waals surface area contributed by atoms with Crippen molar-refractivity contribution in [2.45, 2.75) is 77.9 Å². The quantitative estimate of drug-likeness (QED) is 0.847. The number of aromatic nitrogens is 2. The van der Waals surface area contributed by atoms with Gasteiger partial charge in [-0.25, -0.2) is 0 Å². The summed E-state index contributed by atoms with van der Waals surface area (Å²) in [5, 5.41) is 17.7. The Morgan fingerprint density at radius 2 is 2.09 bits per heavy atom. The van der Waals surface area contributed by atoms with Gasteiger partial charge in [0, 0.05) is 6.54 Å². The summed E-state index contributed by atoms with van der Waals surface area (Å²) < 4.78 is 1.94. The molecule has 1 amide bonds. The van der Waals surface area contributed by atoms with Crippen molar-refractivity contribution in [1.29, 1.82) is 0 Å². The number of nitrogens with zero attached hydrogens (tertiary/aromatic N) is 2. The number of aliphatic hydroxyl groups is 1. The Hall–Kier alpha value is -1.36. The summed E-state index contributed by atoms with van der Waals surface area (Å²) in [6, 6.07) is 0. The number of hydrogen-bond donors (Lipinski definition) is 2. The van der Waals surface area contributed by atoms with E-state index in [1.54, 1.807) is 6.20 Å². The predicted molar refractivity (Wildman–Crippen MR) is 87.7 cm³/mol. The van der Waals surface area contributed by atoms with Crippen LogP contribution in [0.25, 0.3) is 0 Å². The molecule has 0 unspecified atom stereocenters. The van der Waals surface area contributed by atoms with E-state index in [0.717, 1.165) is 56.5 Å². The fourth-order valence-corrected chi connectivity index (χ4v) is 3.06. The van der Waals surface area contributed by atoms with Crippen LogP contribution >= 0.6 is 0 Å². The topological polar surface area (TPSA) is 67.2 Å². The molecule has 1 fully saturated rings. The lowest BCUT2D eigenvalue weighted by Gasteiger charge is -2.31. The summed E-state index contributed by atoms with van der Waals surface area (Å²) in [4.78, 5) is 12.2. The minimum absolute atomic E-state index is 0.115. The molecule has 2 rings (SSSR count). The maximum absolute atomic E-state index is 12.2. The fraction of sp³-hybridized carbons (Fsp3) is 0.765. The molecule has 124 valence electrons. The molecule has 0 aliphatic heterocycles. The Morgan fingerprint density at radius 1 is 1.41 bits per heavy atom. The minimum atomic E-state index is -0.816. The van der Waals surface area contributed by atoms with Crippen molar-refractivity contribution < 1.29 is 9.90 Å². The number of hydrogen-bond acceptors (Lipinski definition) is 3. The number of carbonyl (C=O) groups is 1. The molecule has 0 radical (unpaired) electrons. The van der Waals surface area contributed by atoms with Gasteiger partial charge in [0.05, 0.1) is 29.6 Å². The van der Waals surface area contributed by atoms with Gasteiger partial charge in [-0.1, -0.05) is 33.1 Å². The zero-order valence-corrected chi connectivity index (χ0v) is 14.1. The van der Waals surface area contributed by atoms with Crippen molar-refractivity contribution >= 4 is 11.6 Å². The van der Waals surface area contributed by atoms with Crippen LogP contribution in [-0.2, 0) is 11.3 Å². The van der Waals surface area contributed by atoms with E-state index in [4.69, 9.17) is 0 Å². The van der Waals surface area contributed by atoms with Gasteiger partial charge < -0.3 is 10.4 Å². The molecule has 0 atom stereocenters. The highest BCUT2D eigenvalue weighted by molar-refractivity contribution is 5.91. The first kappa shape index (κ1) is 17.0. The van der Waals surface area contributed by atoms with E-state index in [1.165, 1.54) is 0 Å². The molecule has 1 aliphatic carbocycles. The zero-order valence-electron chi connectivity index (χ0n) is 14.1. The molecule has 0 saturated heterocycles. The normalized spacial score (nSPS) is 17.7. The number of anilines is 1. The van der Waals surface area contributed by atoms with E-state index in [0.29, 0.717) is 5.92 Å². The van der Waals surface area contributed by atoms with Crippen LogP contribution in [0, 0.1) is 12.8 Å². The minimum Gasteiger partial charge on any atom is -0.389 e.